The molecular weight excluding hydrogens is 214 g/mol. The minimum Gasteiger partial charge on any atom is -0.342 e. The van der Waals surface area contributed by atoms with Gasteiger partial charge in [0, 0.05) is 25.8 Å². The number of carbonyl (C=O) groups excluding carboxylic acids is 1. The van der Waals surface area contributed by atoms with Crippen LogP contribution in [-0.2, 0) is 11.3 Å². The Hall–Kier alpha value is -1.42. The summed E-state index contributed by atoms with van der Waals surface area (Å²) in [7, 11) is 0. The summed E-state index contributed by atoms with van der Waals surface area (Å²) in [5.74, 6) is 0.203. The molecule has 17 heavy (non-hydrogen) atoms. The van der Waals surface area contributed by atoms with E-state index in [0.717, 1.165) is 37.2 Å². The molecule has 1 N–H and O–H groups in total. The monoisotopic (exact) mass is 233 g/mol. The molecule has 92 valence electrons. The lowest BCUT2D eigenvalue weighted by molar-refractivity contribution is -0.129. The van der Waals surface area contributed by atoms with E-state index in [4.69, 9.17) is 0 Å². The number of amides is 1. The van der Waals surface area contributed by atoms with Crippen LogP contribution in [0.5, 0.6) is 0 Å². The zero-order chi connectivity index (χ0) is 12.1. The Balaban J connectivity index is 1.72. The van der Waals surface area contributed by atoms with Crippen molar-refractivity contribution >= 4 is 5.91 Å². The second kappa shape index (κ2) is 5.77. The Morgan fingerprint density at radius 2 is 2.18 bits per heavy atom. The van der Waals surface area contributed by atoms with Crippen LogP contribution in [0.3, 0.4) is 0 Å². The molecule has 1 aliphatic heterocycles. The van der Waals surface area contributed by atoms with Crippen molar-refractivity contribution in [3.63, 3.8) is 0 Å². The van der Waals surface area contributed by atoms with E-state index in [1.54, 1.807) is 0 Å². The van der Waals surface area contributed by atoms with Gasteiger partial charge >= 0.3 is 0 Å². The van der Waals surface area contributed by atoms with Gasteiger partial charge in [-0.2, -0.15) is 0 Å². The predicted molar refractivity (Wildman–Crippen MR) is 66.5 cm³/mol. The van der Waals surface area contributed by atoms with Crippen molar-refractivity contribution in [2.24, 2.45) is 0 Å². The molecule has 0 saturated carbocycles. The van der Waals surface area contributed by atoms with E-state index in [1.807, 2.05) is 30.2 Å². The van der Waals surface area contributed by atoms with Crippen molar-refractivity contribution in [1.82, 2.24) is 15.2 Å². The van der Waals surface area contributed by atoms with Crippen LogP contribution < -0.4 is 5.32 Å². The molecule has 1 aliphatic rings. The molecule has 4 nitrogen and oxygen atoms in total. The van der Waals surface area contributed by atoms with E-state index in [2.05, 4.69) is 10.3 Å². The zero-order valence-corrected chi connectivity index (χ0v) is 10.3. The van der Waals surface area contributed by atoms with Gasteiger partial charge in [-0.25, -0.2) is 0 Å². The minimum absolute atomic E-state index is 0.203. The van der Waals surface area contributed by atoms with E-state index >= 15 is 0 Å². The lowest BCUT2D eigenvalue weighted by Crippen LogP contribution is -2.36. The Morgan fingerprint density at radius 3 is 2.82 bits per heavy atom. The van der Waals surface area contributed by atoms with Crippen LogP contribution in [0, 0.1) is 6.92 Å². The molecule has 1 amide bonds. The lowest BCUT2D eigenvalue weighted by atomic mass is 10.3. The van der Waals surface area contributed by atoms with Gasteiger partial charge in [-0.3, -0.25) is 9.78 Å². The standard InChI is InChI=1S/C13H19N3O/c1-11-4-5-12(15-8-11)9-14-10-13(17)16-6-2-3-7-16/h4-5,8,14H,2-3,6-7,9-10H2,1H3. The summed E-state index contributed by atoms with van der Waals surface area (Å²) in [6.07, 6.45) is 4.13. The molecule has 0 bridgehead atoms. The Labute approximate surface area is 102 Å². The maximum atomic E-state index is 11.7. The summed E-state index contributed by atoms with van der Waals surface area (Å²) in [4.78, 5) is 17.9. The smallest absolute Gasteiger partial charge is 0.236 e. The van der Waals surface area contributed by atoms with Crippen molar-refractivity contribution in [2.45, 2.75) is 26.3 Å². The van der Waals surface area contributed by atoms with Gasteiger partial charge in [0.2, 0.25) is 5.91 Å². The van der Waals surface area contributed by atoms with Crippen molar-refractivity contribution in [3.8, 4) is 0 Å². The van der Waals surface area contributed by atoms with Crippen molar-refractivity contribution in [3.05, 3.63) is 29.6 Å². The Morgan fingerprint density at radius 1 is 1.41 bits per heavy atom. The summed E-state index contributed by atoms with van der Waals surface area (Å²) in [5, 5.41) is 3.14. The van der Waals surface area contributed by atoms with E-state index < -0.39 is 0 Å². The third kappa shape index (κ3) is 3.53. The normalized spacial score (nSPS) is 15.2. The third-order valence-electron chi connectivity index (χ3n) is 3.01. The average Bonchev–Trinajstić information content (AvgIpc) is 2.85. The minimum atomic E-state index is 0.203. The Kier molecular flexibility index (Phi) is 4.09. The maximum Gasteiger partial charge on any atom is 0.236 e. The van der Waals surface area contributed by atoms with Crippen LogP contribution in [-0.4, -0.2) is 35.4 Å². The van der Waals surface area contributed by atoms with Crippen LogP contribution in [0.4, 0.5) is 0 Å². The molecule has 1 fully saturated rings. The fourth-order valence-electron chi connectivity index (χ4n) is 1.98. The number of nitrogens with zero attached hydrogens (tertiary/aromatic N) is 2. The average molecular weight is 233 g/mol. The van der Waals surface area contributed by atoms with Gasteiger partial charge in [-0.15, -0.1) is 0 Å². The quantitative estimate of drug-likeness (QED) is 0.847. The predicted octanol–water partition coefficient (Wildman–Crippen LogP) is 1.10. The van der Waals surface area contributed by atoms with E-state index in [9.17, 15) is 4.79 Å². The van der Waals surface area contributed by atoms with Gasteiger partial charge in [0.05, 0.1) is 12.2 Å². The van der Waals surface area contributed by atoms with Crippen LogP contribution in [0.2, 0.25) is 0 Å². The molecular formula is C13H19N3O. The van der Waals surface area contributed by atoms with Crippen molar-refractivity contribution in [2.75, 3.05) is 19.6 Å². The highest BCUT2D eigenvalue weighted by molar-refractivity contribution is 5.78. The molecule has 2 rings (SSSR count). The van der Waals surface area contributed by atoms with Gasteiger partial charge < -0.3 is 10.2 Å². The van der Waals surface area contributed by atoms with Crippen molar-refractivity contribution < 1.29 is 4.79 Å². The van der Waals surface area contributed by atoms with Gasteiger partial charge in [0.15, 0.2) is 0 Å². The van der Waals surface area contributed by atoms with Gasteiger partial charge in [0.1, 0.15) is 0 Å². The molecule has 0 spiro atoms. The molecule has 1 aromatic heterocycles. The topological polar surface area (TPSA) is 45.2 Å². The summed E-state index contributed by atoms with van der Waals surface area (Å²) < 4.78 is 0. The van der Waals surface area contributed by atoms with Crippen molar-refractivity contribution in [1.29, 1.82) is 0 Å². The number of aromatic nitrogens is 1. The second-order valence-electron chi connectivity index (χ2n) is 4.52. The van der Waals surface area contributed by atoms with E-state index in [0.29, 0.717) is 13.1 Å². The third-order valence-corrected chi connectivity index (χ3v) is 3.01. The van der Waals surface area contributed by atoms with Crippen LogP contribution in [0.1, 0.15) is 24.1 Å². The van der Waals surface area contributed by atoms with Gasteiger partial charge in [-0.05, 0) is 31.4 Å². The molecule has 0 unspecified atom stereocenters. The molecule has 1 saturated heterocycles. The fraction of sp³-hybridized carbons (Fsp3) is 0.538. The number of aryl methyl sites for hydroxylation is 1. The Bertz CT molecular complexity index is 369. The summed E-state index contributed by atoms with van der Waals surface area (Å²) in [6, 6.07) is 4.02. The number of nitrogens with one attached hydrogen (secondary N) is 1. The fourth-order valence-corrected chi connectivity index (χ4v) is 1.98. The summed E-state index contributed by atoms with van der Waals surface area (Å²) >= 11 is 0. The number of pyridine rings is 1. The first-order valence-electron chi connectivity index (χ1n) is 6.16. The molecule has 1 aromatic rings. The maximum absolute atomic E-state index is 11.7. The van der Waals surface area contributed by atoms with E-state index in [1.165, 1.54) is 0 Å². The summed E-state index contributed by atoms with van der Waals surface area (Å²) in [5.41, 5.74) is 2.13. The van der Waals surface area contributed by atoms with Crippen LogP contribution in [0.15, 0.2) is 18.3 Å². The highest BCUT2D eigenvalue weighted by atomic mass is 16.2. The molecule has 2 heterocycles. The molecule has 4 heteroatoms. The number of rotatable bonds is 4. The number of hydrogen-bond donors (Lipinski definition) is 1. The lowest BCUT2D eigenvalue weighted by Gasteiger charge is -2.15. The van der Waals surface area contributed by atoms with Gasteiger partial charge in [-0.1, -0.05) is 6.07 Å². The number of hydrogen-bond acceptors (Lipinski definition) is 3. The zero-order valence-electron chi connectivity index (χ0n) is 10.3. The van der Waals surface area contributed by atoms with Crippen LogP contribution >= 0.6 is 0 Å². The molecule has 0 aliphatic carbocycles. The molecule has 0 radical (unpaired) electrons. The van der Waals surface area contributed by atoms with Crippen LogP contribution in [0.25, 0.3) is 0 Å². The first-order valence-corrected chi connectivity index (χ1v) is 6.16. The largest absolute Gasteiger partial charge is 0.342 e. The van der Waals surface area contributed by atoms with E-state index in [-0.39, 0.29) is 5.91 Å². The second-order valence-corrected chi connectivity index (χ2v) is 4.52. The highest BCUT2D eigenvalue weighted by Crippen LogP contribution is 2.06. The number of carbonyl (C=O) groups is 1. The number of likely N-dealkylation sites (tertiary alicyclic amines) is 1. The van der Waals surface area contributed by atoms with Gasteiger partial charge in [0.25, 0.3) is 0 Å². The molecule has 0 atom stereocenters. The summed E-state index contributed by atoms with van der Waals surface area (Å²) in [6.45, 7) is 4.92. The SMILES string of the molecule is Cc1ccc(CNCC(=O)N2CCCC2)nc1. The first kappa shape index (κ1) is 12.0. The highest BCUT2D eigenvalue weighted by Gasteiger charge is 2.16. The molecule has 0 aromatic carbocycles. The first-order chi connectivity index (χ1) is 8.25.